The molecule has 0 radical (unpaired) electrons. The third-order valence-electron chi connectivity index (χ3n) is 6.00. The molecule has 0 heterocycles. The van der Waals surface area contributed by atoms with E-state index in [4.69, 9.17) is 4.74 Å². The molecule has 0 N–H and O–H groups in total. The van der Waals surface area contributed by atoms with Crippen LogP contribution in [-0.4, -0.2) is 24.2 Å². The summed E-state index contributed by atoms with van der Waals surface area (Å²) in [5.41, 5.74) is 2.81. The fraction of sp³-hybridized carbons (Fsp3) is 0.379. The van der Waals surface area contributed by atoms with Crippen molar-refractivity contribution < 1.29 is 4.74 Å². The third-order valence-corrected chi connectivity index (χ3v) is 6.00. The topological polar surface area (TPSA) is 12.5 Å². The lowest BCUT2D eigenvalue weighted by Crippen LogP contribution is -2.44. The summed E-state index contributed by atoms with van der Waals surface area (Å²) in [5, 5.41) is 0. The van der Waals surface area contributed by atoms with Gasteiger partial charge in [0.25, 0.3) is 0 Å². The van der Waals surface area contributed by atoms with Gasteiger partial charge in [-0.15, -0.1) is 0 Å². The predicted octanol–water partition coefficient (Wildman–Crippen LogP) is 7.24. The molecule has 1 unspecified atom stereocenters. The summed E-state index contributed by atoms with van der Waals surface area (Å²) in [6.45, 7) is 8.85. The highest BCUT2D eigenvalue weighted by Crippen LogP contribution is 2.41. The van der Waals surface area contributed by atoms with Gasteiger partial charge in [-0.3, -0.25) is 4.90 Å². The van der Waals surface area contributed by atoms with E-state index in [1.807, 2.05) is 0 Å². The SMILES string of the molecule is CCCCN(CCCC)C(C)OC(c1ccccc1)(c1ccccc1)c1ccccc1. The minimum Gasteiger partial charge on any atom is -0.343 e. The van der Waals surface area contributed by atoms with Crippen LogP contribution in [0.1, 0.15) is 63.1 Å². The van der Waals surface area contributed by atoms with E-state index in [1.54, 1.807) is 0 Å². The second kappa shape index (κ2) is 11.8. The van der Waals surface area contributed by atoms with Gasteiger partial charge in [-0.25, -0.2) is 0 Å². The molecule has 0 aromatic heterocycles. The van der Waals surface area contributed by atoms with Crippen LogP contribution in [0, 0.1) is 0 Å². The molecule has 164 valence electrons. The Hall–Kier alpha value is -2.42. The van der Waals surface area contributed by atoms with Crippen molar-refractivity contribution in [3.8, 4) is 0 Å². The Morgan fingerprint density at radius 3 is 1.32 bits per heavy atom. The van der Waals surface area contributed by atoms with Gasteiger partial charge in [-0.1, -0.05) is 118 Å². The fourth-order valence-electron chi connectivity index (χ4n) is 4.25. The van der Waals surface area contributed by atoms with Crippen molar-refractivity contribution in [1.29, 1.82) is 0 Å². The van der Waals surface area contributed by atoms with Gasteiger partial charge in [0.1, 0.15) is 11.8 Å². The van der Waals surface area contributed by atoms with Crippen molar-refractivity contribution in [1.82, 2.24) is 4.90 Å². The molecule has 0 aliphatic carbocycles. The maximum Gasteiger partial charge on any atom is 0.145 e. The molecular weight excluding hydrogens is 378 g/mol. The van der Waals surface area contributed by atoms with Crippen LogP contribution >= 0.6 is 0 Å². The van der Waals surface area contributed by atoms with E-state index in [0.29, 0.717) is 0 Å². The van der Waals surface area contributed by atoms with Crippen LogP contribution < -0.4 is 0 Å². The first kappa shape index (κ1) is 23.2. The number of unbranched alkanes of at least 4 members (excludes halogenated alkanes) is 2. The molecule has 0 bridgehead atoms. The van der Waals surface area contributed by atoms with Gasteiger partial charge in [-0.2, -0.15) is 0 Å². The van der Waals surface area contributed by atoms with Crippen molar-refractivity contribution >= 4 is 0 Å². The standard InChI is InChI=1S/C29H37NO/c1-4-6-23-30(24-7-5-2)25(3)31-29(26-17-11-8-12-18-26,27-19-13-9-14-20-27)28-21-15-10-16-22-28/h8-22,25H,4-7,23-24H2,1-3H3. The van der Waals surface area contributed by atoms with Gasteiger partial charge in [-0.05, 0) is 36.5 Å². The van der Waals surface area contributed by atoms with E-state index in [-0.39, 0.29) is 6.23 Å². The highest BCUT2D eigenvalue weighted by molar-refractivity contribution is 5.47. The van der Waals surface area contributed by atoms with Crippen molar-refractivity contribution in [3.63, 3.8) is 0 Å². The lowest BCUT2D eigenvalue weighted by Gasteiger charge is -2.41. The van der Waals surface area contributed by atoms with Crippen LogP contribution in [0.3, 0.4) is 0 Å². The molecule has 1 atom stereocenters. The summed E-state index contributed by atoms with van der Waals surface area (Å²) in [5.74, 6) is 0. The lowest BCUT2D eigenvalue weighted by molar-refractivity contribution is -0.116. The van der Waals surface area contributed by atoms with Gasteiger partial charge in [0.2, 0.25) is 0 Å². The van der Waals surface area contributed by atoms with Crippen LogP contribution in [-0.2, 0) is 10.3 Å². The molecule has 31 heavy (non-hydrogen) atoms. The van der Waals surface area contributed by atoms with Gasteiger partial charge in [0.15, 0.2) is 0 Å². The highest BCUT2D eigenvalue weighted by atomic mass is 16.5. The number of benzene rings is 3. The second-order valence-electron chi connectivity index (χ2n) is 8.24. The number of hydrogen-bond acceptors (Lipinski definition) is 2. The second-order valence-corrected chi connectivity index (χ2v) is 8.24. The fourth-order valence-corrected chi connectivity index (χ4v) is 4.25. The normalized spacial score (nSPS) is 12.8. The molecular formula is C29H37NO. The molecule has 0 saturated carbocycles. The van der Waals surface area contributed by atoms with E-state index in [2.05, 4.69) is 117 Å². The number of ether oxygens (including phenoxy) is 1. The third kappa shape index (κ3) is 5.64. The Balaban J connectivity index is 2.11. The van der Waals surface area contributed by atoms with Crippen molar-refractivity contribution in [2.24, 2.45) is 0 Å². The maximum absolute atomic E-state index is 7.18. The Bertz CT molecular complexity index is 758. The lowest BCUT2D eigenvalue weighted by atomic mass is 9.80. The molecule has 0 aliphatic rings. The predicted molar refractivity (Wildman–Crippen MR) is 131 cm³/mol. The van der Waals surface area contributed by atoms with Crippen molar-refractivity contribution in [2.45, 2.75) is 58.3 Å². The summed E-state index contributed by atoms with van der Waals surface area (Å²) in [4.78, 5) is 2.51. The first-order chi connectivity index (χ1) is 15.2. The summed E-state index contributed by atoms with van der Waals surface area (Å²) in [6, 6.07) is 32.0. The Kier molecular flexibility index (Phi) is 8.87. The molecule has 0 aliphatic heterocycles. The van der Waals surface area contributed by atoms with Crippen LogP contribution in [0.2, 0.25) is 0 Å². The number of nitrogens with zero attached hydrogens (tertiary/aromatic N) is 1. The van der Waals surface area contributed by atoms with Crippen molar-refractivity contribution in [2.75, 3.05) is 13.1 Å². The number of hydrogen-bond donors (Lipinski definition) is 0. The van der Waals surface area contributed by atoms with Crippen LogP contribution in [0.4, 0.5) is 0 Å². The van der Waals surface area contributed by atoms with E-state index in [0.717, 1.165) is 29.8 Å². The molecule has 0 fully saturated rings. The van der Waals surface area contributed by atoms with E-state index in [1.165, 1.54) is 25.7 Å². The zero-order valence-corrected chi connectivity index (χ0v) is 19.3. The molecule has 2 nitrogen and oxygen atoms in total. The molecule has 0 amide bonds. The summed E-state index contributed by atoms with van der Waals surface area (Å²) >= 11 is 0. The average Bonchev–Trinajstić information content (AvgIpc) is 2.84. The van der Waals surface area contributed by atoms with E-state index < -0.39 is 5.60 Å². The molecule has 0 spiro atoms. The summed E-state index contributed by atoms with van der Waals surface area (Å²) < 4.78 is 7.18. The Labute approximate surface area is 188 Å². The minimum atomic E-state index is -0.667. The minimum absolute atomic E-state index is 0.0151. The van der Waals surface area contributed by atoms with Crippen LogP contribution in [0.25, 0.3) is 0 Å². The molecule has 3 aromatic carbocycles. The first-order valence-corrected chi connectivity index (χ1v) is 11.8. The summed E-state index contributed by atoms with van der Waals surface area (Å²) in [6.07, 6.45) is 4.74. The molecule has 3 aromatic rings. The van der Waals surface area contributed by atoms with Gasteiger partial charge in [0.05, 0.1) is 0 Å². The maximum atomic E-state index is 7.18. The van der Waals surface area contributed by atoms with Crippen molar-refractivity contribution in [3.05, 3.63) is 108 Å². The summed E-state index contributed by atoms with van der Waals surface area (Å²) in [7, 11) is 0. The smallest absolute Gasteiger partial charge is 0.145 e. The average molecular weight is 416 g/mol. The number of rotatable bonds is 12. The Morgan fingerprint density at radius 2 is 1.00 bits per heavy atom. The van der Waals surface area contributed by atoms with E-state index in [9.17, 15) is 0 Å². The zero-order valence-electron chi connectivity index (χ0n) is 19.3. The molecule has 3 rings (SSSR count). The first-order valence-electron chi connectivity index (χ1n) is 11.8. The zero-order chi connectivity index (χ0) is 21.9. The largest absolute Gasteiger partial charge is 0.343 e. The van der Waals surface area contributed by atoms with Gasteiger partial charge < -0.3 is 4.74 Å². The van der Waals surface area contributed by atoms with Gasteiger partial charge in [0, 0.05) is 13.1 Å². The van der Waals surface area contributed by atoms with Gasteiger partial charge >= 0.3 is 0 Å². The monoisotopic (exact) mass is 415 g/mol. The quantitative estimate of drug-likeness (QED) is 0.228. The molecule has 0 saturated heterocycles. The Morgan fingerprint density at radius 1 is 0.645 bits per heavy atom. The van der Waals surface area contributed by atoms with Crippen LogP contribution in [0.5, 0.6) is 0 Å². The van der Waals surface area contributed by atoms with Crippen LogP contribution in [0.15, 0.2) is 91.0 Å². The molecule has 2 heteroatoms. The highest BCUT2D eigenvalue weighted by Gasteiger charge is 2.39. The van der Waals surface area contributed by atoms with E-state index >= 15 is 0 Å².